The van der Waals surface area contributed by atoms with Crippen molar-refractivity contribution in [2.45, 2.75) is 19.3 Å². The Hall–Kier alpha value is -6.85. The Kier molecular flexibility index (Phi) is 6.23. The fourth-order valence-corrected chi connectivity index (χ4v) is 8.69. The molecule has 7 aromatic carbocycles. The standard InChI is InChI=1S/C48H32N4O/c1-48(2)37-24-14-12-22-32(37)33-26-27-38-40(42(33)48)35-28-36(47-50-45(29-16-6-3-7-17-29)49-46(51-47)30-18-8-4-9-19-30)44-41(34-23-13-15-25-39(34)53-44)43(35)52(38)31-20-10-5-11-21-31/h3-28H,1-2H3. The predicted octanol–water partition coefficient (Wildman–Crippen LogP) is 12.2. The number of rotatable bonds is 4. The lowest BCUT2D eigenvalue weighted by atomic mass is 9.80. The molecule has 3 heterocycles. The molecule has 1 aliphatic rings. The van der Waals surface area contributed by atoms with Gasteiger partial charge >= 0.3 is 0 Å². The van der Waals surface area contributed by atoms with Crippen molar-refractivity contribution >= 4 is 43.7 Å². The summed E-state index contributed by atoms with van der Waals surface area (Å²) in [6.45, 7) is 4.72. The minimum Gasteiger partial charge on any atom is -0.455 e. The maximum Gasteiger partial charge on any atom is 0.167 e. The lowest BCUT2D eigenvalue weighted by Gasteiger charge is -2.22. The largest absolute Gasteiger partial charge is 0.455 e. The molecule has 1 aliphatic carbocycles. The fourth-order valence-electron chi connectivity index (χ4n) is 8.69. The molecule has 0 saturated carbocycles. The van der Waals surface area contributed by atoms with E-state index in [1.807, 2.05) is 66.7 Å². The molecule has 0 atom stereocenters. The number of para-hydroxylation sites is 2. The van der Waals surface area contributed by atoms with Crippen LogP contribution in [0, 0.1) is 0 Å². The highest BCUT2D eigenvalue weighted by Gasteiger charge is 2.38. The van der Waals surface area contributed by atoms with Gasteiger partial charge in [0.05, 0.1) is 22.0 Å². The van der Waals surface area contributed by atoms with Gasteiger partial charge in [-0.05, 0) is 52.6 Å². The smallest absolute Gasteiger partial charge is 0.167 e. The van der Waals surface area contributed by atoms with Crippen LogP contribution in [0.4, 0.5) is 0 Å². The van der Waals surface area contributed by atoms with Gasteiger partial charge in [0.1, 0.15) is 11.2 Å². The van der Waals surface area contributed by atoms with E-state index in [4.69, 9.17) is 19.4 Å². The molecule has 0 amide bonds. The van der Waals surface area contributed by atoms with E-state index in [9.17, 15) is 0 Å². The van der Waals surface area contributed by atoms with Gasteiger partial charge in [-0.15, -0.1) is 0 Å². The minimum atomic E-state index is -0.233. The third-order valence-corrected chi connectivity index (χ3v) is 11.0. The van der Waals surface area contributed by atoms with Crippen LogP contribution in [-0.2, 0) is 5.41 Å². The normalized spacial score (nSPS) is 13.2. The SMILES string of the molecule is CC1(C)c2ccccc2-c2ccc3c(c21)c1cc(-c2nc(-c4ccccc4)nc(-c4ccccc4)n2)c2oc4ccccc4c2c1n3-c1ccccc1. The lowest BCUT2D eigenvalue weighted by Crippen LogP contribution is -2.15. The van der Waals surface area contributed by atoms with E-state index in [-0.39, 0.29) is 5.41 Å². The number of aromatic nitrogens is 4. The van der Waals surface area contributed by atoms with Crippen LogP contribution >= 0.6 is 0 Å². The van der Waals surface area contributed by atoms with Crippen molar-refractivity contribution in [3.63, 3.8) is 0 Å². The van der Waals surface area contributed by atoms with E-state index in [1.54, 1.807) is 0 Å². The van der Waals surface area contributed by atoms with Crippen LogP contribution in [0.2, 0.25) is 0 Å². The molecule has 0 N–H and O–H groups in total. The van der Waals surface area contributed by atoms with Gasteiger partial charge in [-0.3, -0.25) is 0 Å². The molecule has 3 aromatic heterocycles. The number of benzene rings is 7. The Bertz CT molecular complexity index is 3010. The van der Waals surface area contributed by atoms with Crippen molar-refractivity contribution in [2.24, 2.45) is 0 Å². The lowest BCUT2D eigenvalue weighted by molar-refractivity contribution is 0.666. The Labute approximate surface area is 305 Å². The van der Waals surface area contributed by atoms with E-state index in [2.05, 4.69) is 109 Å². The quantitative estimate of drug-likeness (QED) is 0.186. The van der Waals surface area contributed by atoms with Crippen molar-refractivity contribution < 1.29 is 4.42 Å². The second kappa shape index (κ2) is 11.1. The van der Waals surface area contributed by atoms with Crippen molar-refractivity contribution in [3.8, 4) is 51.0 Å². The Morgan fingerprint density at radius 2 is 1.11 bits per heavy atom. The monoisotopic (exact) mass is 680 g/mol. The highest BCUT2D eigenvalue weighted by molar-refractivity contribution is 6.28. The van der Waals surface area contributed by atoms with Gasteiger partial charge < -0.3 is 8.98 Å². The number of fused-ring (bicyclic) bond motifs is 11. The summed E-state index contributed by atoms with van der Waals surface area (Å²) in [5.74, 6) is 1.80. The molecule has 10 aromatic rings. The maximum absolute atomic E-state index is 6.89. The van der Waals surface area contributed by atoms with Crippen LogP contribution in [-0.4, -0.2) is 19.5 Å². The summed E-state index contributed by atoms with van der Waals surface area (Å²) in [7, 11) is 0. The Morgan fingerprint density at radius 3 is 1.83 bits per heavy atom. The van der Waals surface area contributed by atoms with Crippen molar-refractivity contribution in [3.05, 3.63) is 169 Å². The molecule has 5 nitrogen and oxygen atoms in total. The number of furan rings is 1. The number of hydrogen-bond donors (Lipinski definition) is 0. The Balaban J connectivity index is 1.34. The molecule has 0 radical (unpaired) electrons. The summed E-state index contributed by atoms with van der Waals surface area (Å²) in [6, 6.07) is 55.0. The molecule has 0 saturated heterocycles. The third kappa shape index (κ3) is 4.28. The van der Waals surface area contributed by atoms with Gasteiger partial charge in [0, 0.05) is 38.4 Å². The van der Waals surface area contributed by atoms with Crippen LogP contribution in [0.1, 0.15) is 25.0 Å². The third-order valence-electron chi connectivity index (χ3n) is 11.0. The topological polar surface area (TPSA) is 56.7 Å². The highest BCUT2D eigenvalue weighted by atomic mass is 16.3. The van der Waals surface area contributed by atoms with E-state index >= 15 is 0 Å². The molecular weight excluding hydrogens is 649 g/mol. The number of nitrogens with zero attached hydrogens (tertiary/aromatic N) is 4. The van der Waals surface area contributed by atoms with E-state index in [0.29, 0.717) is 17.5 Å². The summed E-state index contributed by atoms with van der Waals surface area (Å²) in [4.78, 5) is 15.4. The Morgan fingerprint density at radius 1 is 0.509 bits per heavy atom. The van der Waals surface area contributed by atoms with Crippen LogP contribution in [0.15, 0.2) is 162 Å². The minimum absolute atomic E-state index is 0.233. The second-order valence-electron chi connectivity index (χ2n) is 14.4. The van der Waals surface area contributed by atoms with E-state index in [0.717, 1.165) is 60.7 Å². The molecular formula is C48H32N4O. The van der Waals surface area contributed by atoms with Gasteiger partial charge in [0.2, 0.25) is 0 Å². The molecule has 53 heavy (non-hydrogen) atoms. The van der Waals surface area contributed by atoms with Gasteiger partial charge in [-0.2, -0.15) is 0 Å². The highest BCUT2D eigenvalue weighted by Crippen LogP contribution is 2.54. The van der Waals surface area contributed by atoms with Crippen LogP contribution in [0.3, 0.4) is 0 Å². The average molecular weight is 681 g/mol. The summed E-state index contributed by atoms with van der Waals surface area (Å²) in [6.07, 6.45) is 0. The summed E-state index contributed by atoms with van der Waals surface area (Å²) in [5.41, 5.74) is 12.6. The van der Waals surface area contributed by atoms with Crippen molar-refractivity contribution in [1.29, 1.82) is 0 Å². The fraction of sp³-hybridized carbons (Fsp3) is 0.0625. The van der Waals surface area contributed by atoms with Gasteiger partial charge in [-0.25, -0.2) is 15.0 Å². The van der Waals surface area contributed by atoms with Gasteiger partial charge in [0.15, 0.2) is 17.5 Å². The first-order valence-electron chi connectivity index (χ1n) is 18.0. The summed E-state index contributed by atoms with van der Waals surface area (Å²) < 4.78 is 9.32. The van der Waals surface area contributed by atoms with E-state index < -0.39 is 0 Å². The van der Waals surface area contributed by atoms with Crippen molar-refractivity contribution in [1.82, 2.24) is 19.5 Å². The van der Waals surface area contributed by atoms with Crippen LogP contribution in [0.25, 0.3) is 94.7 Å². The first kappa shape index (κ1) is 29.8. The molecule has 0 bridgehead atoms. The number of hydrogen-bond acceptors (Lipinski definition) is 4. The first-order valence-corrected chi connectivity index (χ1v) is 18.0. The zero-order valence-corrected chi connectivity index (χ0v) is 29.2. The first-order chi connectivity index (χ1) is 26.1. The second-order valence-corrected chi connectivity index (χ2v) is 14.4. The van der Waals surface area contributed by atoms with Gasteiger partial charge in [0.25, 0.3) is 0 Å². The van der Waals surface area contributed by atoms with E-state index in [1.165, 1.54) is 27.6 Å². The zero-order chi connectivity index (χ0) is 35.3. The van der Waals surface area contributed by atoms with Crippen molar-refractivity contribution in [2.75, 3.05) is 0 Å². The summed E-state index contributed by atoms with van der Waals surface area (Å²) in [5, 5.41) is 4.46. The zero-order valence-electron chi connectivity index (χ0n) is 29.2. The predicted molar refractivity (Wildman–Crippen MR) is 215 cm³/mol. The average Bonchev–Trinajstić information content (AvgIpc) is 3.84. The molecule has 250 valence electrons. The summed E-state index contributed by atoms with van der Waals surface area (Å²) >= 11 is 0. The molecule has 5 heteroatoms. The molecule has 0 spiro atoms. The molecule has 0 aliphatic heterocycles. The van der Waals surface area contributed by atoms with Gasteiger partial charge in [-0.1, -0.05) is 141 Å². The molecule has 11 rings (SSSR count). The van der Waals surface area contributed by atoms with Crippen LogP contribution in [0.5, 0.6) is 0 Å². The molecule has 0 unspecified atom stereocenters. The van der Waals surface area contributed by atoms with Crippen LogP contribution < -0.4 is 0 Å². The maximum atomic E-state index is 6.89. The molecule has 0 fully saturated rings.